The van der Waals surface area contributed by atoms with E-state index in [1.54, 1.807) is 23.5 Å². The zero-order chi connectivity index (χ0) is 25.1. The maximum atomic E-state index is 12.9. The maximum absolute atomic E-state index is 12.9. The molecule has 178 valence electrons. The van der Waals surface area contributed by atoms with Gasteiger partial charge in [-0.1, -0.05) is 48.5 Å². The summed E-state index contributed by atoms with van der Waals surface area (Å²) in [4.78, 5) is 27.7. The van der Waals surface area contributed by atoms with Crippen molar-refractivity contribution < 1.29 is 4.79 Å². The van der Waals surface area contributed by atoms with Gasteiger partial charge in [-0.25, -0.2) is 15.0 Å². The lowest BCUT2D eigenvalue weighted by Crippen LogP contribution is -2.12. The minimum absolute atomic E-state index is 0.191. The van der Waals surface area contributed by atoms with Gasteiger partial charge in [0.15, 0.2) is 0 Å². The summed E-state index contributed by atoms with van der Waals surface area (Å²) in [7, 11) is 0. The first kappa shape index (κ1) is 23.4. The standard InChI is InChI=1S/C29H25N5OS/c1-18-16-19(2)31-29(30-18)33-25-11-7-10-23(17-25)27(35)32-24-14-12-21(13-15-24)26-20(3)36-28(34-26)22-8-5-4-6-9-22/h4-17H,1-3H3,(H,32,35)(H,30,31,33). The molecule has 6 nitrogen and oxygen atoms in total. The van der Waals surface area contributed by atoms with Gasteiger partial charge in [0.1, 0.15) is 5.01 Å². The summed E-state index contributed by atoms with van der Waals surface area (Å²) in [5, 5.41) is 7.16. The fraction of sp³-hybridized carbons (Fsp3) is 0.103. The highest BCUT2D eigenvalue weighted by atomic mass is 32.1. The minimum atomic E-state index is -0.191. The van der Waals surface area contributed by atoms with E-state index >= 15 is 0 Å². The third-order valence-corrected chi connectivity index (χ3v) is 6.62. The molecule has 0 atom stereocenters. The summed E-state index contributed by atoms with van der Waals surface area (Å²) in [6.45, 7) is 5.93. The normalized spacial score (nSPS) is 10.8. The van der Waals surface area contributed by atoms with Crippen LogP contribution in [0.2, 0.25) is 0 Å². The van der Waals surface area contributed by atoms with Crippen LogP contribution in [0.4, 0.5) is 17.3 Å². The predicted molar refractivity (Wildman–Crippen MR) is 147 cm³/mol. The minimum Gasteiger partial charge on any atom is -0.324 e. The fourth-order valence-corrected chi connectivity index (χ4v) is 4.87. The van der Waals surface area contributed by atoms with E-state index in [9.17, 15) is 4.79 Å². The van der Waals surface area contributed by atoms with Gasteiger partial charge in [-0.2, -0.15) is 0 Å². The number of hydrogen-bond donors (Lipinski definition) is 2. The van der Waals surface area contributed by atoms with E-state index in [4.69, 9.17) is 4.98 Å². The molecule has 2 N–H and O–H groups in total. The molecular weight excluding hydrogens is 466 g/mol. The zero-order valence-electron chi connectivity index (χ0n) is 20.2. The van der Waals surface area contributed by atoms with Gasteiger partial charge < -0.3 is 10.6 Å². The molecule has 5 aromatic rings. The average molecular weight is 492 g/mol. The zero-order valence-corrected chi connectivity index (χ0v) is 21.1. The van der Waals surface area contributed by atoms with Crippen LogP contribution in [0.25, 0.3) is 21.8 Å². The van der Waals surface area contributed by atoms with Crippen LogP contribution in [0.3, 0.4) is 0 Å². The number of hydrogen-bond acceptors (Lipinski definition) is 6. The Morgan fingerprint density at radius 3 is 2.17 bits per heavy atom. The van der Waals surface area contributed by atoms with Crippen LogP contribution in [-0.2, 0) is 0 Å². The Morgan fingerprint density at radius 2 is 1.44 bits per heavy atom. The van der Waals surface area contributed by atoms with Gasteiger partial charge in [0.25, 0.3) is 5.91 Å². The topological polar surface area (TPSA) is 79.8 Å². The van der Waals surface area contributed by atoms with Crippen molar-refractivity contribution in [1.29, 1.82) is 0 Å². The van der Waals surface area contributed by atoms with Gasteiger partial charge >= 0.3 is 0 Å². The molecule has 0 fully saturated rings. The molecule has 0 radical (unpaired) electrons. The molecule has 36 heavy (non-hydrogen) atoms. The maximum Gasteiger partial charge on any atom is 0.255 e. The third-order valence-electron chi connectivity index (χ3n) is 5.60. The molecule has 2 aromatic heterocycles. The third kappa shape index (κ3) is 5.31. The van der Waals surface area contributed by atoms with Crippen molar-refractivity contribution in [2.75, 3.05) is 10.6 Å². The second-order valence-corrected chi connectivity index (χ2v) is 9.70. The van der Waals surface area contributed by atoms with Crippen molar-refractivity contribution in [1.82, 2.24) is 15.0 Å². The van der Waals surface area contributed by atoms with E-state index in [0.29, 0.717) is 11.5 Å². The van der Waals surface area contributed by atoms with Crippen molar-refractivity contribution in [2.45, 2.75) is 20.8 Å². The van der Waals surface area contributed by atoms with Crippen LogP contribution >= 0.6 is 11.3 Å². The van der Waals surface area contributed by atoms with E-state index in [1.807, 2.05) is 74.5 Å². The summed E-state index contributed by atoms with van der Waals surface area (Å²) in [6.07, 6.45) is 0. The molecule has 0 bridgehead atoms. The predicted octanol–water partition coefficient (Wildman–Crippen LogP) is 7.19. The molecular formula is C29H25N5OS. The summed E-state index contributed by atoms with van der Waals surface area (Å²) in [5.74, 6) is 0.317. The van der Waals surface area contributed by atoms with Gasteiger partial charge in [0, 0.05) is 44.3 Å². The first-order chi connectivity index (χ1) is 17.4. The Kier molecular flexibility index (Phi) is 6.56. The Hall–Kier alpha value is -4.36. The second kappa shape index (κ2) is 10.1. The van der Waals surface area contributed by atoms with Crippen molar-refractivity contribution in [2.24, 2.45) is 0 Å². The van der Waals surface area contributed by atoms with E-state index in [0.717, 1.165) is 49.5 Å². The highest BCUT2D eigenvalue weighted by Gasteiger charge is 2.12. The molecule has 0 saturated heterocycles. The van der Waals surface area contributed by atoms with Gasteiger partial charge in [0.05, 0.1) is 5.69 Å². The monoisotopic (exact) mass is 491 g/mol. The van der Waals surface area contributed by atoms with E-state index in [1.165, 1.54) is 0 Å². The number of aromatic nitrogens is 3. The average Bonchev–Trinajstić information content (AvgIpc) is 3.26. The van der Waals surface area contributed by atoms with Crippen molar-refractivity contribution in [3.8, 4) is 21.8 Å². The molecule has 3 aromatic carbocycles. The van der Waals surface area contributed by atoms with E-state index < -0.39 is 0 Å². The molecule has 7 heteroatoms. The number of thiazole rings is 1. The Labute approximate surface area is 214 Å². The highest BCUT2D eigenvalue weighted by molar-refractivity contribution is 7.15. The lowest BCUT2D eigenvalue weighted by Gasteiger charge is -2.09. The van der Waals surface area contributed by atoms with Gasteiger partial charge in [-0.3, -0.25) is 4.79 Å². The fourth-order valence-electron chi connectivity index (χ4n) is 3.93. The summed E-state index contributed by atoms with van der Waals surface area (Å²) >= 11 is 1.68. The van der Waals surface area contributed by atoms with Crippen LogP contribution in [0.5, 0.6) is 0 Å². The Morgan fingerprint density at radius 1 is 0.722 bits per heavy atom. The number of anilines is 3. The summed E-state index contributed by atoms with van der Waals surface area (Å²) in [5.41, 5.74) is 6.86. The quantitative estimate of drug-likeness (QED) is 0.263. The van der Waals surface area contributed by atoms with E-state index in [2.05, 4.69) is 39.7 Å². The number of nitrogens with one attached hydrogen (secondary N) is 2. The van der Waals surface area contributed by atoms with Gasteiger partial charge in [-0.05, 0) is 57.2 Å². The van der Waals surface area contributed by atoms with Crippen molar-refractivity contribution in [3.05, 3.63) is 107 Å². The lowest BCUT2D eigenvalue weighted by molar-refractivity contribution is 0.102. The summed E-state index contributed by atoms with van der Waals surface area (Å²) in [6, 6.07) is 27.2. The second-order valence-electron chi connectivity index (χ2n) is 8.50. The number of nitrogens with zero attached hydrogens (tertiary/aromatic N) is 3. The van der Waals surface area contributed by atoms with Crippen LogP contribution in [-0.4, -0.2) is 20.9 Å². The van der Waals surface area contributed by atoms with Gasteiger partial charge in [-0.15, -0.1) is 11.3 Å². The lowest BCUT2D eigenvalue weighted by atomic mass is 10.1. The molecule has 1 amide bonds. The largest absolute Gasteiger partial charge is 0.324 e. The summed E-state index contributed by atoms with van der Waals surface area (Å²) < 4.78 is 0. The number of benzene rings is 3. The molecule has 2 heterocycles. The number of rotatable bonds is 6. The highest BCUT2D eigenvalue weighted by Crippen LogP contribution is 2.33. The molecule has 0 aliphatic rings. The van der Waals surface area contributed by atoms with Crippen LogP contribution in [0.1, 0.15) is 26.6 Å². The number of aryl methyl sites for hydroxylation is 3. The van der Waals surface area contributed by atoms with Crippen molar-refractivity contribution in [3.63, 3.8) is 0 Å². The smallest absolute Gasteiger partial charge is 0.255 e. The molecule has 0 unspecified atom stereocenters. The number of carbonyl (C=O) groups is 1. The molecule has 0 aliphatic carbocycles. The number of amides is 1. The van der Waals surface area contributed by atoms with Crippen LogP contribution in [0.15, 0.2) is 84.9 Å². The molecule has 0 spiro atoms. The first-order valence-electron chi connectivity index (χ1n) is 11.6. The van der Waals surface area contributed by atoms with E-state index in [-0.39, 0.29) is 5.91 Å². The SMILES string of the molecule is Cc1cc(C)nc(Nc2cccc(C(=O)Nc3ccc(-c4nc(-c5ccccc5)sc4C)cc3)c2)n1. The van der Waals surface area contributed by atoms with Gasteiger partial charge in [0.2, 0.25) is 5.95 Å². The number of carbonyl (C=O) groups excluding carboxylic acids is 1. The molecule has 0 saturated carbocycles. The van der Waals surface area contributed by atoms with Crippen LogP contribution in [0, 0.1) is 20.8 Å². The molecule has 5 rings (SSSR count). The van der Waals surface area contributed by atoms with Crippen LogP contribution < -0.4 is 10.6 Å². The Balaban J connectivity index is 1.29. The van der Waals surface area contributed by atoms with Crippen molar-refractivity contribution >= 4 is 34.6 Å². The Bertz CT molecular complexity index is 1510. The molecule has 0 aliphatic heterocycles. The first-order valence-corrected chi connectivity index (χ1v) is 12.4.